The van der Waals surface area contributed by atoms with Gasteiger partial charge in [-0.1, -0.05) is 6.92 Å². The van der Waals surface area contributed by atoms with Gasteiger partial charge in [-0.15, -0.1) is 0 Å². The summed E-state index contributed by atoms with van der Waals surface area (Å²) in [5.74, 6) is -1.63. The highest BCUT2D eigenvalue weighted by Crippen LogP contribution is 2.32. The van der Waals surface area contributed by atoms with Crippen LogP contribution in [0.3, 0.4) is 0 Å². The normalized spacial score (nSPS) is 27.1. The number of hydrogen-bond donors (Lipinski definition) is 2. The standard InChI is InChI=1S/C9H10N2O7/c1-2-9(11(17)18)4-5(10(15)16)3-6(7(9)12)8(13)14/h3-4,7,12H,2H2,1H3,(H,13,14). The molecule has 2 N–H and O–H groups in total. The number of carboxylic acid groups (broad SMARTS) is 1. The molecule has 0 bridgehead atoms. The fourth-order valence-electron chi connectivity index (χ4n) is 1.75. The lowest BCUT2D eigenvalue weighted by atomic mass is 9.81. The lowest BCUT2D eigenvalue weighted by Crippen LogP contribution is -2.51. The van der Waals surface area contributed by atoms with Crippen molar-refractivity contribution in [3.63, 3.8) is 0 Å². The number of nitrogens with zero attached hydrogens (tertiary/aromatic N) is 2. The quantitative estimate of drug-likeness (QED) is 0.531. The Morgan fingerprint density at radius 2 is 2.06 bits per heavy atom. The molecular formula is C9H10N2O7. The molecule has 0 heterocycles. The van der Waals surface area contributed by atoms with E-state index in [1.807, 2.05) is 0 Å². The Bertz CT molecular complexity index is 481. The molecule has 0 saturated carbocycles. The van der Waals surface area contributed by atoms with Crippen LogP contribution in [-0.4, -0.2) is 37.7 Å². The van der Waals surface area contributed by atoms with Crippen molar-refractivity contribution in [1.29, 1.82) is 0 Å². The molecule has 0 fully saturated rings. The number of aliphatic carboxylic acids is 1. The third-order valence-electron chi connectivity index (χ3n) is 2.83. The van der Waals surface area contributed by atoms with E-state index in [2.05, 4.69) is 0 Å². The lowest BCUT2D eigenvalue weighted by molar-refractivity contribution is -0.568. The smallest absolute Gasteiger partial charge is 0.334 e. The van der Waals surface area contributed by atoms with Gasteiger partial charge in [-0.2, -0.15) is 0 Å². The summed E-state index contributed by atoms with van der Waals surface area (Å²) in [6.07, 6.45) is -0.892. The molecule has 1 rings (SSSR count). The van der Waals surface area contributed by atoms with E-state index < -0.39 is 38.7 Å². The van der Waals surface area contributed by atoms with Crippen molar-refractivity contribution >= 4 is 5.97 Å². The second kappa shape index (κ2) is 4.53. The third kappa shape index (κ3) is 1.95. The molecule has 9 heteroatoms. The fraction of sp³-hybridized carbons (Fsp3) is 0.444. The third-order valence-corrected chi connectivity index (χ3v) is 2.83. The molecule has 1 aliphatic carbocycles. The zero-order valence-corrected chi connectivity index (χ0v) is 9.27. The van der Waals surface area contributed by atoms with Crippen LogP contribution in [0.1, 0.15) is 13.3 Å². The molecule has 2 unspecified atom stereocenters. The van der Waals surface area contributed by atoms with Gasteiger partial charge in [0.1, 0.15) is 0 Å². The Hall–Kier alpha value is -2.29. The van der Waals surface area contributed by atoms with Crippen LogP contribution in [0.2, 0.25) is 0 Å². The Kier molecular flexibility index (Phi) is 3.47. The average Bonchev–Trinajstić information content (AvgIpc) is 2.28. The Labute approximate surface area is 100 Å². The van der Waals surface area contributed by atoms with Crippen molar-refractivity contribution in [3.8, 4) is 0 Å². The van der Waals surface area contributed by atoms with Crippen molar-refractivity contribution < 1.29 is 24.9 Å². The molecule has 0 amide bonds. The van der Waals surface area contributed by atoms with Crippen LogP contribution in [0.15, 0.2) is 23.4 Å². The molecule has 0 aromatic carbocycles. The van der Waals surface area contributed by atoms with Crippen molar-refractivity contribution in [3.05, 3.63) is 43.7 Å². The fourth-order valence-corrected chi connectivity index (χ4v) is 1.75. The molecule has 0 aromatic rings. The highest BCUT2D eigenvalue weighted by atomic mass is 16.6. The Morgan fingerprint density at radius 1 is 1.50 bits per heavy atom. The summed E-state index contributed by atoms with van der Waals surface area (Å²) in [6.45, 7) is 1.34. The Morgan fingerprint density at radius 3 is 2.39 bits per heavy atom. The number of rotatable bonds is 4. The highest BCUT2D eigenvalue weighted by Gasteiger charge is 2.54. The van der Waals surface area contributed by atoms with E-state index >= 15 is 0 Å². The van der Waals surface area contributed by atoms with Gasteiger partial charge in [0.25, 0.3) is 11.2 Å². The molecule has 0 aromatic heterocycles. The van der Waals surface area contributed by atoms with Crippen molar-refractivity contribution in [2.24, 2.45) is 0 Å². The first-order valence-electron chi connectivity index (χ1n) is 4.91. The molecule has 0 aliphatic heterocycles. The zero-order valence-electron chi connectivity index (χ0n) is 9.27. The van der Waals surface area contributed by atoms with Crippen molar-refractivity contribution in [1.82, 2.24) is 0 Å². The average molecular weight is 258 g/mol. The summed E-state index contributed by atoms with van der Waals surface area (Å²) in [6, 6.07) is 0. The van der Waals surface area contributed by atoms with Crippen LogP contribution >= 0.6 is 0 Å². The summed E-state index contributed by atoms with van der Waals surface area (Å²) in [7, 11) is 0. The first-order chi connectivity index (χ1) is 8.26. The van der Waals surface area contributed by atoms with Gasteiger partial charge in [0, 0.05) is 17.4 Å². The summed E-state index contributed by atoms with van der Waals surface area (Å²) in [5.41, 5.74) is -3.66. The molecule has 9 nitrogen and oxygen atoms in total. The summed E-state index contributed by atoms with van der Waals surface area (Å²) in [4.78, 5) is 30.7. The van der Waals surface area contributed by atoms with Crippen LogP contribution in [-0.2, 0) is 4.79 Å². The van der Waals surface area contributed by atoms with E-state index in [9.17, 15) is 30.1 Å². The van der Waals surface area contributed by atoms with Gasteiger partial charge in [-0.3, -0.25) is 20.2 Å². The van der Waals surface area contributed by atoms with Crippen LogP contribution in [0.4, 0.5) is 0 Å². The van der Waals surface area contributed by atoms with E-state index in [-0.39, 0.29) is 6.42 Å². The Balaban J connectivity index is 3.48. The van der Waals surface area contributed by atoms with Gasteiger partial charge in [-0.05, 0) is 0 Å². The summed E-state index contributed by atoms with van der Waals surface area (Å²) >= 11 is 0. The zero-order chi connectivity index (χ0) is 14.1. The minimum atomic E-state index is -2.19. The molecule has 0 spiro atoms. The van der Waals surface area contributed by atoms with Crippen molar-refractivity contribution in [2.75, 3.05) is 0 Å². The largest absolute Gasteiger partial charge is 0.478 e. The second-order valence-electron chi connectivity index (χ2n) is 3.74. The number of nitro groups is 2. The molecule has 0 saturated heterocycles. The number of aliphatic hydroxyl groups excluding tert-OH is 1. The van der Waals surface area contributed by atoms with Gasteiger partial charge < -0.3 is 10.2 Å². The first kappa shape index (κ1) is 13.8. The number of aliphatic hydroxyl groups is 1. The molecular weight excluding hydrogens is 248 g/mol. The van der Waals surface area contributed by atoms with Gasteiger partial charge in [0.2, 0.25) is 0 Å². The molecule has 18 heavy (non-hydrogen) atoms. The SMILES string of the molecule is CCC1([N+](=O)[O-])C=C([N+](=O)[O-])C=C(C(=O)O)C1O. The molecule has 0 radical (unpaired) electrons. The minimum Gasteiger partial charge on any atom is -0.478 e. The summed E-state index contributed by atoms with van der Waals surface area (Å²) < 4.78 is 0. The molecule has 98 valence electrons. The maximum Gasteiger partial charge on any atom is 0.334 e. The lowest BCUT2D eigenvalue weighted by Gasteiger charge is -2.28. The van der Waals surface area contributed by atoms with E-state index in [1.165, 1.54) is 6.92 Å². The van der Waals surface area contributed by atoms with Crippen molar-refractivity contribution in [2.45, 2.75) is 25.0 Å². The molecule has 1 aliphatic rings. The maximum absolute atomic E-state index is 11.0. The van der Waals surface area contributed by atoms with E-state index in [4.69, 9.17) is 5.11 Å². The van der Waals surface area contributed by atoms with Gasteiger partial charge in [0.15, 0.2) is 6.10 Å². The van der Waals surface area contributed by atoms with E-state index in [0.29, 0.717) is 12.2 Å². The van der Waals surface area contributed by atoms with Crippen LogP contribution in [0.5, 0.6) is 0 Å². The van der Waals surface area contributed by atoms with E-state index in [1.54, 1.807) is 0 Å². The number of carboxylic acids is 1. The van der Waals surface area contributed by atoms with Crippen LogP contribution < -0.4 is 0 Å². The number of allylic oxidation sites excluding steroid dienone is 1. The topological polar surface area (TPSA) is 144 Å². The predicted molar refractivity (Wildman–Crippen MR) is 56.8 cm³/mol. The van der Waals surface area contributed by atoms with Gasteiger partial charge in [-0.25, -0.2) is 4.79 Å². The first-order valence-corrected chi connectivity index (χ1v) is 4.91. The minimum absolute atomic E-state index is 0.275. The monoisotopic (exact) mass is 258 g/mol. The van der Waals surface area contributed by atoms with Crippen LogP contribution in [0.25, 0.3) is 0 Å². The highest BCUT2D eigenvalue weighted by molar-refractivity contribution is 5.89. The van der Waals surface area contributed by atoms with E-state index in [0.717, 1.165) is 0 Å². The second-order valence-corrected chi connectivity index (χ2v) is 3.74. The number of hydrogen-bond acceptors (Lipinski definition) is 6. The van der Waals surface area contributed by atoms with Crippen LogP contribution in [0, 0.1) is 20.2 Å². The summed E-state index contributed by atoms with van der Waals surface area (Å²) in [5, 5.41) is 40.2. The number of carbonyl (C=O) groups is 1. The maximum atomic E-state index is 11.0. The van der Waals surface area contributed by atoms with Gasteiger partial charge >= 0.3 is 5.97 Å². The molecule has 2 atom stereocenters. The van der Waals surface area contributed by atoms with Gasteiger partial charge in [0.05, 0.1) is 16.6 Å². The predicted octanol–water partition coefficient (Wildman–Crippen LogP) is -0.0420.